The van der Waals surface area contributed by atoms with E-state index in [4.69, 9.17) is 4.74 Å². The number of amides is 2. The molecule has 2 amide bonds. The molecule has 1 saturated heterocycles. The summed E-state index contributed by atoms with van der Waals surface area (Å²) in [5.74, 6) is -0.555. The third-order valence-corrected chi connectivity index (χ3v) is 5.01. The summed E-state index contributed by atoms with van der Waals surface area (Å²) in [6, 6.07) is 14.6. The number of rotatable bonds is 4. The number of halogens is 2. The summed E-state index contributed by atoms with van der Waals surface area (Å²) in [7, 11) is 0. The molecule has 0 radical (unpaired) electrons. The van der Waals surface area contributed by atoms with E-state index in [0.29, 0.717) is 31.9 Å². The second-order valence-electron chi connectivity index (χ2n) is 5.98. The third-order valence-electron chi connectivity index (χ3n) is 4.02. The maximum atomic E-state index is 13.0. The number of hydrogen-bond acceptors (Lipinski definition) is 3. The van der Waals surface area contributed by atoms with Gasteiger partial charge < -0.3 is 15.0 Å². The molecular weight excluding hydrogens is 476 g/mol. The van der Waals surface area contributed by atoms with Crippen molar-refractivity contribution >= 4 is 49.8 Å². The first-order valence-corrected chi connectivity index (χ1v) is 10.0. The van der Waals surface area contributed by atoms with Crippen molar-refractivity contribution in [3.63, 3.8) is 0 Å². The van der Waals surface area contributed by atoms with Gasteiger partial charge >= 0.3 is 0 Å². The fourth-order valence-corrected chi connectivity index (χ4v) is 3.49. The molecule has 27 heavy (non-hydrogen) atoms. The molecule has 1 aliphatic rings. The molecule has 0 saturated carbocycles. The molecule has 3 rings (SSSR count). The predicted molar refractivity (Wildman–Crippen MR) is 111 cm³/mol. The zero-order valence-electron chi connectivity index (χ0n) is 14.5. The second kappa shape index (κ2) is 9.30. The zero-order valence-corrected chi connectivity index (χ0v) is 17.6. The van der Waals surface area contributed by atoms with Crippen LogP contribution in [0.3, 0.4) is 0 Å². The van der Waals surface area contributed by atoms with Crippen LogP contribution in [0.5, 0.6) is 0 Å². The maximum Gasteiger partial charge on any atom is 0.270 e. The van der Waals surface area contributed by atoms with Gasteiger partial charge in [-0.3, -0.25) is 9.59 Å². The molecule has 1 heterocycles. The molecule has 2 aromatic rings. The summed E-state index contributed by atoms with van der Waals surface area (Å²) < 4.78 is 7.01. The monoisotopic (exact) mass is 492 g/mol. The van der Waals surface area contributed by atoms with E-state index in [0.717, 1.165) is 14.5 Å². The van der Waals surface area contributed by atoms with Gasteiger partial charge in [0, 0.05) is 27.6 Å². The maximum absolute atomic E-state index is 13.0. The van der Waals surface area contributed by atoms with E-state index in [1.165, 1.54) is 0 Å². The van der Waals surface area contributed by atoms with E-state index in [9.17, 15) is 9.59 Å². The van der Waals surface area contributed by atoms with Crippen LogP contribution in [0.1, 0.15) is 15.9 Å². The summed E-state index contributed by atoms with van der Waals surface area (Å²) in [5.41, 5.74) is 1.52. The van der Waals surface area contributed by atoms with Crippen LogP contribution in [0.15, 0.2) is 63.2 Å². The van der Waals surface area contributed by atoms with Gasteiger partial charge in [-0.05, 0) is 42.0 Å². The van der Waals surface area contributed by atoms with Gasteiger partial charge in [-0.15, -0.1) is 0 Å². The van der Waals surface area contributed by atoms with Gasteiger partial charge in [-0.25, -0.2) is 0 Å². The van der Waals surface area contributed by atoms with Crippen molar-refractivity contribution in [3.8, 4) is 0 Å². The molecule has 0 bridgehead atoms. The number of benzene rings is 2. The highest BCUT2D eigenvalue weighted by Gasteiger charge is 2.22. The van der Waals surface area contributed by atoms with Gasteiger partial charge in [0.15, 0.2) is 0 Å². The molecule has 1 fully saturated rings. The fraction of sp³-hybridized carbons (Fsp3) is 0.200. The molecule has 0 aromatic heterocycles. The average Bonchev–Trinajstić information content (AvgIpc) is 2.67. The Balaban J connectivity index is 1.89. The van der Waals surface area contributed by atoms with Crippen LogP contribution >= 0.6 is 31.9 Å². The van der Waals surface area contributed by atoms with Crippen molar-refractivity contribution in [2.24, 2.45) is 0 Å². The van der Waals surface area contributed by atoms with Crippen LogP contribution in [-0.4, -0.2) is 43.0 Å². The molecule has 0 atom stereocenters. The highest BCUT2D eigenvalue weighted by molar-refractivity contribution is 9.10. The van der Waals surface area contributed by atoms with E-state index < -0.39 is 0 Å². The fourth-order valence-electron chi connectivity index (χ4n) is 2.68. The smallest absolute Gasteiger partial charge is 0.270 e. The third kappa shape index (κ3) is 5.51. The van der Waals surface area contributed by atoms with E-state index in [1.807, 2.05) is 30.3 Å². The van der Waals surface area contributed by atoms with Crippen molar-refractivity contribution in [2.45, 2.75) is 0 Å². The minimum Gasteiger partial charge on any atom is -0.378 e. The average molecular weight is 494 g/mol. The molecular formula is C20H18Br2N2O3. The summed E-state index contributed by atoms with van der Waals surface area (Å²) >= 11 is 6.79. The van der Waals surface area contributed by atoms with Crippen LogP contribution < -0.4 is 5.32 Å². The zero-order chi connectivity index (χ0) is 19.2. The van der Waals surface area contributed by atoms with Gasteiger partial charge in [0.2, 0.25) is 0 Å². The van der Waals surface area contributed by atoms with Crippen molar-refractivity contribution in [3.05, 3.63) is 74.3 Å². The van der Waals surface area contributed by atoms with Crippen LogP contribution in [0.2, 0.25) is 0 Å². The number of carbonyl (C=O) groups excluding carboxylic acids is 2. The Morgan fingerprint density at radius 3 is 2.33 bits per heavy atom. The molecule has 0 unspecified atom stereocenters. The Morgan fingerprint density at radius 2 is 1.67 bits per heavy atom. The summed E-state index contributed by atoms with van der Waals surface area (Å²) in [4.78, 5) is 27.4. The van der Waals surface area contributed by atoms with Crippen LogP contribution in [0.25, 0.3) is 6.08 Å². The minimum atomic E-state index is -0.334. The van der Waals surface area contributed by atoms with Gasteiger partial charge in [0.1, 0.15) is 5.70 Å². The highest BCUT2D eigenvalue weighted by Crippen LogP contribution is 2.16. The molecule has 0 aliphatic carbocycles. The topological polar surface area (TPSA) is 58.6 Å². The lowest BCUT2D eigenvalue weighted by Crippen LogP contribution is -2.44. The number of morpholine rings is 1. The molecule has 140 valence electrons. The van der Waals surface area contributed by atoms with Gasteiger partial charge in [-0.2, -0.15) is 0 Å². The standard InChI is InChI=1S/C20H18Br2N2O3/c21-16-5-1-3-14(11-16)12-18(20(26)24-7-9-27-10-8-24)23-19(25)15-4-2-6-17(22)13-15/h1-6,11-13H,7-10H2,(H,23,25)/b18-12-. The molecule has 7 heteroatoms. The Morgan fingerprint density at radius 1 is 1.00 bits per heavy atom. The molecule has 1 N–H and O–H groups in total. The summed E-state index contributed by atoms with van der Waals surface area (Å²) in [6.45, 7) is 1.99. The Kier molecular flexibility index (Phi) is 6.82. The van der Waals surface area contributed by atoms with Crippen molar-refractivity contribution in [2.75, 3.05) is 26.3 Å². The van der Waals surface area contributed by atoms with Crippen LogP contribution in [-0.2, 0) is 9.53 Å². The highest BCUT2D eigenvalue weighted by atomic mass is 79.9. The van der Waals surface area contributed by atoms with Gasteiger partial charge in [0.05, 0.1) is 13.2 Å². The largest absolute Gasteiger partial charge is 0.378 e. The van der Waals surface area contributed by atoms with E-state index in [-0.39, 0.29) is 17.5 Å². The number of ether oxygens (including phenoxy) is 1. The molecule has 0 spiro atoms. The first-order chi connectivity index (χ1) is 13.0. The number of nitrogens with one attached hydrogen (secondary N) is 1. The number of hydrogen-bond donors (Lipinski definition) is 1. The lowest BCUT2D eigenvalue weighted by atomic mass is 10.1. The normalized spacial score (nSPS) is 14.7. The predicted octanol–water partition coefficient (Wildman–Crippen LogP) is 3.84. The quantitative estimate of drug-likeness (QED) is 0.658. The van der Waals surface area contributed by atoms with Crippen LogP contribution in [0, 0.1) is 0 Å². The van der Waals surface area contributed by atoms with Crippen molar-refractivity contribution < 1.29 is 14.3 Å². The number of nitrogens with zero attached hydrogens (tertiary/aromatic N) is 1. The lowest BCUT2D eigenvalue weighted by Gasteiger charge is -2.27. The van der Waals surface area contributed by atoms with E-state index in [1.54, 1.807) is 29.2 Å². The van der Waals surface area contributed by atoms with Gasteiger partial charge in [0.25, 0.3) is 11.8 Å². The van der Waals surface area contributed by atoms with E-state index in [2.05, 4.69) is 37.2 Å². The molecule has 1 aliphatic heterocycles. The number of carbonyl (C=O) groups is 2. The van der Waals surface area contributed by atoms with Crippen molar-refractivity contribution in [1.29, 1.82) is 0 Å². The first kappa shape index (κ1) is 19.8. The molecule has 2 aromatic carbocycles. The minimum absolute atomic E-state index is 0.221. The molecule has 5 nitrogen and oxygen atoms in total. The van der Waals surface area contributed by atoms with Crippen LogP contribution in [0.4, 0.5) is 0 Å². The van der Waals surface area contributed by atoms with Gasteiger partial charge in [-0.1, -0.05) is 50.1 Å². The summed E-state index contributed by atoms with van der Waals surface area (Å²) in [6.07, 6.45) is 1.69. The first-order valence-electron chi connectivity index (χ1n) is 8.44. The Hall–Kier alpha value is -1.96. The Bertz CT molecular complexity index is 877. The Labute approximate surface area is 174 Å². The van der Waals surface area contributed by atoms with Crippen molar-refractivity contribution in [1.82, 2.24) is 10.2 Å². The second-order valence-corrected chi connectivity index (χ2v) is 7.81. The summed E-state index contributed by atoms with van der Waals surface area (Å²) in [5, 5.41) is 2.78. The lowest BCUT2D eigenvalue weighted by molar-refractivity contribution is -0.131. The van der Waals surface area contributed by atoms with E-state index >= 15 is 0 Å². The SMILES string of the molecule is O=C(N/C(=C\c1cccc(Br)c1)C(=O)N1CCOCC1)c1cccc(Br)c1.